The highest BCUT2D eigenvalue weighted by Gasteiger charge is 2.39. The fourth-order valence-electron chi connectivity index (χ4n) is 4.57. The lowest BCUT2D eigenvalue weighted by atomic mass is 10.0. The number of nitrogens with one attached hydrogen (secondary N) is 1. The summed E-state index contributed by atoms with van der Waals surface area (Å²) in [5.41, 5.74) is -1.30. The number of alkyl halides is 3. The number of likely N-dealkylation sites (tertiary alicyclic amines) is 1. The van der Waals surface area contributed by atoms with Crippen LogP contribution in [0.15, 0.2) is 81.4 Å². The zero-order valence-electron chi connectivity index (χ0n) is 22.0. The number of ether oxygens (including phenoxy) is 2. The Kier molecular flexibility index (Phi) is 8.66. The maximum atomic E-state index is 13.8. The molecule has 1 saturated heterocycles. The van der Waals surface area contributed by atoms with Crippen molar-refractivity contribution in [2.45, 2.75) is 39.7 Å². The first kappa shape index (κ1) is 30.3. The van der Waals surface area contributed by atoms with Gasteiger partial charge < -0.3 is 14.4 Å². The molecule has 0 unspecified atom stereocenters. The topological polar surface area (TPSA) is 119 Å². The Morgan fingerprint density at radius 1 is 0.854 bits per heavy atom. The van der Waals surface area contributed by atoms with Crippen LogP contribution in [0.2, 0.25) is 0 Å². The van der Waals surface area contributed by atoms with E-state index in [1.807, 2.05) is 0 Å². The highest BCUT2D eigenvalue weighted by Crippen LogP contribution is 2.37. The van der Waals surface area contributed by atoms with Gasteiger partial charge in [0, 0.05) is 19.1 Å². The fraction of sp³-hybridized carbons (Fsp3) is 0.296. The zero-order valence-corrected chi connectivity index (χ0v) is 23.6. The first-order valence-corrected chi connectivity index (χ1v) is 15.3. The van der Waals surface area contributed by atoms with Gasteiger partial charge in [0.15, 0.2) is 0 Å². The van der Waals surface area contributed by atoms with Gasteiger partial charge in [-0.2, -0.15) is 13.2 Å². The molecule has 0 spiro atoms. The number of hydrogen-bond acceptors (Lipinski definition) is 7. The Balaban J connectivity index is 1.58. The normalized spacial score (nSPS) is 15.0. The van der Waals surface area contributed by atoms with Crippen LogP contribution in [0.4, 0.5) is 13.2 Å². The number of rotatable bonds is 8. The van der Waals surface area contributed by atoms with Gasteiger partial charge in [-0.05, 0) is 55.3 Å². The molecule has 1 aliphatic rings. The molecule has 14 heteroatoms. The van der Waals surface area contributed by atoms with Gasteiger partial charge in [-0.1, -0.05) is 24.3 Å². The van der Waals surface area contributed by atoms with Gasteiger partial charge in [0.05, 0.1) is 34.5 Å². The number of amides is 1. The minimum atomic E-state index is -5.07. The third kappa shape index (κ3) is 6.34. The van der Waals surface area contributed by atoms with Crippen molar-refractivity contribution in [1.82, 2.24) is 9.62 Å². The van der Waals surface area contributed by atoms with Gasteiger partial charge in [-0.25, -0.2) is 21.6 Å². The van der Waals surface area contributed by atoms with E-state index in [1.165, 1.54) is 43.4 Å². The molecule has 1 aliphatic heterocycles. The van der Waals surface area contributed by atoms with Crippen molar-refractivity contribution in [3.8, 4) is 11.5 Å². The molecular weight excluding hydrogens is 585 g/mol. The molecule has 0 saturated carbocycles. The lowest BCUT2D eigenvalue weighted by molar-refractivity contribution is -0.140. The molecule has 0 bridgehead atoms. The number of benzene rings is 3. The van der Waals surface area contributed by atoms with Crippen LogP contribution in [-0.2, 0) is 26.0 Å². The number of sulfonamides is 1. The molecule has 4 rings (SSSR count). The van der Waals surface area contributed by atoms with Crippen LogP contribution in [0.25, 0.3) is 0 Å². The SMILES string of the molecule is COc1cccc(OC)c1C(=O)N1CCC(NS(=O)(=O)c2cc(S(=O)(=O)c3ccccc3)ccc2C(F)(F)F)CC1. The Labute approximate surface area is 235 Å². The largest absolute Gasteiger partial charge is 0.496 e. The fourth-order valence-corrected chi connectivity index (χ4v) is 7.50. The number of hydrogen-bond donors (Lipinski definition) is 1. The maximum absolute atomic E-state index is 13.8. The van der Waals surface area contributed by atoms with E-state index >= 15 is 0 Å². The average Bonchev–Trinajstić information content (AvgIpc) is 2.96. The number of methoxy groups -OCH3 is 2. The van der Waals surface area contributed by atoms with E-state index in [0.29, 0.717) is 23.6 Å². The van der Waals surface area contributed by atoms with Crippen molar-refractivity contribution >= 4 is 25.8 Å². The molecule has 0 aromatic heterocycles. The van der Waals surface area contributed by atoms with Crippen LogP contribution in [0, 0.1) is 0 Å². The lowest BCUT2D eigenvalue weighted by Gasteiger charge is -2.33. The van der Waals surface area contributed by atoms with Crippen LogP contribution in [0.1, 0.15) is 28.8 Å². The molecule has 3 aromatic carbocycles. The van der Waals surface area contributed by atoms with Crippen LogP contribution < -0.4 is 14.2 Å². The van der Waals surface area contributed by atoms with Gasteiger partial charge in [0.25, 0.3) is 5.91 Å². The highest BCUT2D eigenvalue weighted by molar-refractivity contribution is 7.91. The summed E-state index contributed by atoms with van der Waals surface area (Å²) in [5, 5.41) is 0. The van der Waals surface area contributed by atoms with E-state index in [-0.39, 0.29) is 36.4 Å². The van der Waals surface area contributed by atoms with Crippen molar-refractivity contribution in [1.29, 1.82) is 0 Å². The quantitative estimate of drug-likeness (QED) is 0.406. The Bertz CT molecular complexity index is 1610. The van der Waals surface area contributed by atoms with E-state index in [4.69, 9.17) is 9.47 Å². The molecule has 3 aromatic rings. The molecule has 0 radical (unpaired) electrons. The smallest absolute Gasteiger partial charge is 0.417 e. The van der Waals surface area contributed by atoms with Crippen LogP contribution >= 0.6 is 0 Å². The molecule has 1 heterocycles. The number of piperidine rings is 1. The first-order valence-electron chi connectivity index (χ1n) is 12.3. The third-order valence-corrected chi connectivity index (χ3v) is 9.99. The molecular formula is C27H27F3N2O7S2. The maximum Gasteiger partial charge on any atom is 0.417 e. The van der Waals surface area contributed by atoms with Gasteiger partial charge in [0.1, 0.15) is 17.1 Å². The minimum absolute atomic E-state index is 0.0990. The van der Waals surface area contributed by atoms with E-state index in [1.54, 1.807) is 24.3 Å². The molecule has 9 nitrogen and oxygen atoms in total. The van der Waals surface area contributed by atoms with Crippen molar-refractivity contribution in [2.24, 2.45) is 0 Å². The second-order valence-electron chi connectivity index (χ2n) is 9.20. The number of sulfone groups is 1. The number of halogens is 3. The van der Waals surface area contributed by atoms with Crippen molar-refractivity contribution in [3.63, 3.8) is 0 Å². The standard InChI is InChI=1S/C27H27F3N2O7S2/c1-38-22-9-6-10-23(39-2)25(22)26(33)32-15-13-18(14-16-32)31-41(36,37)24-17-20(11-12-21(24)27(28,29)30)40(34,35)19-7-4-3-5-8-19/h3-12,17-18,31H,13-16H2,1-2H3. The minimum Gasteiger partial charge on any atom is -0.496 e. The van der Waals surface area contributed by atoms with Crippen molar-refractivity contribution < 1.29 is 44.3 Å². The average molecular weight is 613 g/mol. The summed E-state index contributed by atoms with van der Waals surface area (Å²) >= 11 is 0. The monoisotopic (exact) mass is 612 g/mol. The van der Waals surface area contributed by atoms with Gasteiger partial charge >= 0.3 is 6.18 Å². The summed E-state index contributed by atoms with van der Waals surface area (Å²) in [6.45, 7) is 0.198. The first-order chi connectivity index (χ1) is 19.3. The lowest BCUT2D eigenvalue weighted by Crippen LogP contribution is -2.46. The molecule has 1 N–H and O–H groups in total. The number of carbonyl (C=O) groups is 1. The van der Waals surface area contributed by atoms with Crippen molar-refractivity contribution in [3.05, 3.63) is 77.9 Å². The van der Waals surface area contributed by atoms with Gasteiger partial charge in [0.2, 0.25) is 19.9 Å². The van der Waals surface area contributed by atoms with Gasteiger partial charge in [-0.15, -0.1) is 0 Å². The molecule has 0 atom stereocenters. The number of carbonyl (C=O) groups excluding carboxylic acids is 1. The number of nitrogens with zero attached hydrogens (tertiary/aromatic N) is 1. The molecule has 0 aliphatic carbocycles. The highest BCUT2D eigenvalue weighted by atomic mass is 32.2. The Morgan fingerprint density at radius 2 is 1.44 bits per heavy atom. The Morgan fingerprint density at radius 3 is 1.98 bits per heavy atom. The summed E-state index contributed by atoms with van der Waals surface area (Å²) in [6.07, 6.45) is -4.86. The summed E-state index contributed by atoms with van der Waals surface area (Å²) in [4.78, 5) is 12.7. The van der Waals surface area contributed by atoms with E-state index in [0.717, 1.165) is 6.07 Å². The molecule has 220 valence electrons. The predicted molar refractivity (Wildman–Crippen MR) is 142 cm³/mol. The molecule has 1 fully saturated rings. The van der Waals surface area contributed by atoms with E-state index in [2.05, 4.69) is 4.72 Å². The van der Waals surface area contributed by atoms with Crippen LogP contribution in [-0.4, -0.2) is 61.0 Å². The molecule has 1 amide bonds. The van der Waals surface area contributed by atoms with Crippen LogP contribution in [0.5, 0.6) is 11.5 Å². The zero-order chi connectivity index (χ0) is 30.0. The van der Waals surface area contributed by atoms with Crippen LogP contribution in [0.3, 0.4) is 0 Å². The second-order valence-corrected chi connectivity index (χ2v) is 12.8. The van der Waals surface area contributed by atoms with Gasteiger partial charge in [-0.3, -0.25) is 4.79 Å². The van der Waals surface area contributed by atoms with E-state index < -0.39 is 53.3 Å². The van der Waals surface area contributed by atoms with Crippen molar-refractivity contribution in [2.75, 3.05) is 27.3 Å². The second kappa shape index (κ2) is 11.7. The summed E-state index contributed by atoms with van der Waals surface area (Å²) < 4.78 is 107. The predicted octanol–water partition coefficient (Wildman–Crippen LogP) is 4.14. The summed E-state index contributed by atoms with van der Waals surface area (Å²) in [5.74, 6) is 0.183. The van der Waals surface area contributed by atoms with E-state index in [9.17, 15) is 34.8 Å². The summed E-state index contributed by atoms with van der Waals surface area (Å²) in [6, 6.07) is 12.7. The third-order valence-electron chi connectivity index (χ3n) is 6.66. The molecule has 41 heavy (non-hydrogen) atoms. The summed E-state index contributed by atoms with van der Waals surface area (Å²) in [7, 11) is -6.31. The Hall–Kier alpha value is -3.62.